The molecular formula is C10H12N4. The smallest absolute Gasteiger partial charge is 0.153 e. The van der Waals surface area contributed by atoms with Crippen molar-refractivity contribution in [2.45, 2.75) is 6.54 Å². The first kappa shape index (κ1) is 8.90. The zero-order chi connectivity index (χ0) is 9.80. The molecule has 2 aromatic rings. The van der Waals surface area contributed by atoms with E-state index in [1.54, 1.807) is 10.9 Å². The lowest BCUT2D eigenvalue weighted by Crippen LogP contribution is -2.03. The number of aromatic nitrogens is 3. The first-order valence-electron chi connectivity index (χ1n) is 4.49. The van der Waals surface area contributed by atoms with E-state index in [-0.39, 0.29) is 0 Å². The molecule has 0 spiro atoms. The molecule has 2 aromatic heterocycles. The van der Waals surface area contributed by atoms with Crippen molar-refractivity contribution >= 4 is 0 Å². The van der Waals surface area contributed by atoms with Gasteiger partial charge in [0.2, 0.25) is 0 Å². The monoisotopic (exact) mass is 188 g/mol. The van der Waals surface area contributed by atoms with Crippen LogP contribution in [0, 0.1) is 0 Å². The highest BCUT2D eigenvalue weighted by molar-refractivity contribution is 5.21. The molecule has 0 fully saturated rings. The van der Waals surface area contributed by atoms with Gasteiger partial charge in [0.15, 0.2) is 5.82 Å². The fraction of sp³-hybridized carbons (Fsp3) is 0.200. The van der Waals surface area contributed by atoms with Gasteiger partial charge in [0.1, 0.15) is 0 Å². The quantitative estimate of drug-likeness (QED) is 0.781. The van der Waals surface area contributed by atoms with E-state index in [1.165, 1.54) is 0 Å². The summed E-state index contributed by atoms with van der Waals surface area (Å²) in [5.41, 5.74) is 1.15. The number of pyridine rings is 1. The van der Waals surface area contributed by atoms with E-state index in [0.717, 1.165) is 17.9 Å². The summed E-state index contributed by atoms with van der Waals surface area (Å²) in [4.78, 5) is 4.20. The maximum atomic E-state index is 4.22. The Morgan fingerprint density at radius 3 is 3.07 bits per heavy atom. The molecule has 0 bridgehead atoms. The molecule has 2 rings (SSSR count). The fourth-order valence-corrected chi connectivity index (χ4v) is 1.27. The van der Waals surface area contributed by atoms with Gasteiger partial charge < -0.3 is 5.32 Å². The molecular weight excluding hydrogens is 176 g/mol. The topological polar surface area (TPSA) is 42.7 Å². The molecule has 4 nitrogen and oxygen atoms in total. The summed E-state index contributed by atoms with van der Waals surface area (Å²) in [6, 6.07) is 5.76. The Hall–Kier alpha value is -1.68. The molecule has 0 saturated carbocycles. The van der Waals surface area contributed by atoms with Crippen LogP contribution in [0.2, 0.25) is 0 Å². The van der Waals surface area contributed by atoms with Crippen LogP contribution in [0.1, 0.15) is 5.56 Å². The highest BCUT2D eigenvalue weighted by atomic mass is 15.3. The van der Waals surface area contributed by atoms with Gasteiger partial charge in [-0.3, -0.25) is 0 Å². The van der Waals surface area contributed by atoms with E-state index < -0.39 is 0 Å². The van der Waals surface area contributed by atoms with Crippen molar-refractivity contribution in [1.82, 2.24) is 20.1 Å². The highest BCUT2D eigenvalue weighted by Crippen LogP contribution is 2.03. The standard InChI is InChI=1S/C10H12N4/c1-11-6-9-7-13-14(8-9)10-4-2-3-5-12-10/h2-5,7-8,11H,6H2,1H3. The molecule has 0 amide bonds. The molecule has 0 radical (unpaired) electrons. The molecule has 0 unspecified atom stereocenters. The minimum absolute atomic E-state index is 0.826. The third kappa shape index (κ3) is 1.80. The van der Waals surface area contributed by atoms with E-state index >= 15 is 0 Å². The number of rotatable bonds is 3. The Morgan fingerprint density at radius 1 is 1.43 bits per heavy atom. The molecule has 4 heteroatoms. The van der Waals surface area contributed by atoms with Gasteiger partial charge in [0.25, 0.3) is 0 Å². The van der Waals surface area contributed by atoms with Crippen LogP contribution in [-0.4, -0.2) is 21.8 Å². The van der Waals surface area contributed by atoms with Gasteiger partial charge in [-0.15, -0.1) is 0 Å². The summed E-state index contributed by atoms with van der Waals surface area (Å²) in [5.74, 6) is 0.842. The van der Waals surface area contributed by atoms with Crippen LogP contribution >= 0.6 is 0 Å². The molecule has 0 atom stereocenters. The van der Waals surface area contributed by atoms with Crippen LogP contribution in [-0.2, 0) is 6.54 Å². The Kier molecular flexibility index (Phi) is 2.55. The molecule has 1 N–H and O–H groups in total. The average molecular weight is 188 g/mol. The lowest BCUT2D eigenvalue weighted by Gasteiger charge is -1.97. The summed E-state index contributed by atoms with van der Waals surface area (Å²) in [7, 11) is 1.91. The summed E-state index contributed by atoms with van der Waals surface area (Å²) in [6.07, 6.45) is 5.57. The molecule has 72 valence electrons. The van der Waals surface area contributed by atoms with Crippen LogP contribution in [0.5, 0.6) is 0 Å². The van der Waals surface area contributed by atoms with E-state index in [9.17, 15) is 0 Å². The normalized spacial score (nSPS) is 10.4. The molecule has 0 saturated heterocycles. The van der Waals surface area contributed by atoms with Crippen molar-refractivity contribution in [1.29, 1.82) is 0 Å². The van der Waals surface area contributed by atoms with Crippen molar-refractivity contribution in [3.05, 3.63) is 42.4 Å². The van der Waals surface area contributed by atoms with E-state index in [2.05, 4.69) is 15.4 Å². The number of hydrogen-bond donors (Lipinski definition) is 1. The molecule has 14 heavy (non-hydrogen) atoms. The third-order valence-corrected chi connectivity index (χ3v) is 1.90. The zero-order valence-electron chi connectivity index (χ0n) is 8.01. The zero-order valence-corrected chi connectivity index (χ0v) is 8.01. The number of nitrogens with one attached hydrogen (secondary N) is 1. The molecule has 0 aliphatic carbocycles. The molecule has 0 aliphatic rings. The van der Waals surface area contributed by atoms with Gasteiger partial charge in [-0.2, -0.15) is 5.10 Å². The predicted octanol–water partition coefficient (Wildman–Crippen LogP) is 0.987. The first-order valence-corrected chi connectivity index (χ1v) is 4.49. The van der Waals surface area contributed by atoms with Crippen LogP contribution in [0.15, 0.2) is 36.8 Å². The van der Waals surface area contributed by atoms with Crippen molar-refractivity contribution in [3.63, 3.8) is 0 Å². The Bertz CT molecular complexity index is 394. The Balaban J connectivity index is 2.25. The maximum Gasteiger partial charge on any atom is 0.153 e. The minimum Gasteiger partial charge on any atom is -0.316 e. The summed E-state index contributed by atoms with van der Waals surface area (Å²) < 4.78 is 1.77. The van der Waals surface area contributed by atoms with Crippen LogP contribution < -0.4 is 5.32 Å². The lowest BCUT2D eigenvalue weighted by atomic mass is 10.4. The lowest BCUT2D eigenvalue weighted by molar-refractivity contribution is 0.814. The molecule has 0 aliphatic heterocycles. The predicted molar refractivity (Wildman–Crippen MR) is 54.1 cm³/mol. The highest BCUT2D eigenvalue weighted by Gasteiger charge is 1.99. The molecule has 2 heterocycles. The van der Waals surface area contributed by atoms with Gasteiger partial charge in [-0.05, 0) is 19.2 Å². The van der Waals surface area contributed by atoms with Crippen LogP contribution in [0.25, 0.3) is 5.82 Å². The maximum absolute atomic E-state index is 4.22. The van der Waals surface area contributed by atoms with Gasteiger partial charge in [0, 0.05) is 24.5 Å². The van der Waals surface area contributed by atoms with Gasteiger partial charge in [-0.1, -0.05) is 6.07 Å². The van der Waals surface area contributed by atoms with E-state index in [0.29, 0.717) is 0 Å². The van der Waals surface area contributed by atoms with E-state index in [1.807, 2.05) is 37.6 Å². The SMILES string of the molecule is CNCc1cnn(-c2ccccn2)c1. The molecule has 0 aromatic carbocycles. The largest absolute Gasteiger partial charge is 0.316 e. The van der Waals surface area contributed by atoms with E-state index in [4.69, 9.17) is 0 Å². The summed E-state index contributed by atoms with van der Waals surface area (Å²) in [6.45, 7) is 0.826. The second-order valence-corrected chi connectivity index (χ2v) is 3.01. The van der Waals surface area contributed by atoms with Crippen molar-refractivity contribution in [2.75, 3.05) is 7.05 Å². The van der Waals surface area contributed by atoms with Gasteiger partial charge in [-0.25, -0.2) is 9.67 Å². The summed E-state index contributed by atoms with van der Waals surface area (Å²) in [5, 5.41) is 7.29. The van der Waals surface area contributed by atoms with Crippen LogP contribution in [0.3, 0.4) is 0 Å². The number of hydrogen-bond acceptors (Lipinski definition) is 3. The summed E-state index contributed by atoms with van der Waals surface area (Å²) >= 11 is 0. The van der Waals surface area contributed by atoms with Gasteiger partial charge in [0.05, 0.1) is 6.20 Å². The van der Waals surface area contributed by atoms with Gasteiger partial charge >= 0.3 is 0 Å². The van der Waals surface area contributed by atoms with Crippen LogP contribution in [0.4, 0.5) is 0 Å². The average Bonchev–Trinajstić information content (AvgIpc) is 2.68. The minimum atomic E-state index is 0.826. The number of nitrogens with zero attached hydrogens (tertiary/aromatic N) is 3. The first-order chi connectivity index (χ1) is 6.90. The third-order valence-electron chi connectivity index (χ3n) is 1.90. The van der Waals surface area contributed by atoms with Crippen molar-refractivity contribution < 1.29 is 0 Å². The Morgan fingerprint density at radius 2 is 2.36 bits per heavy atom. The van der Waals surface area contributed by atoms with Crippen molar-refractivity contribution in [2.24, 2.45) is 0 Å². The van der Waals surface area contributed by atoms with Crippen molar-refractivity contribution in [3.8, 4) is 5.82 Å². The second kappa shape index (κ2) is 4.02. The fourth-order valence-electron chi connectivity index (χ4n) is 1.27. The second-order valence-electron chi connectivity index (χ2n) is 3.01. The Labute approximate surface area is 82.6 Å².